The summed E-state index contributed by atoms with van der Waals surface area (Å²) in [6.45, 7) is -1.21. The largest absolute Gasteiger partial charge is 0.384 e. The molecule has 96 valence electrons. The van der Waals surface area contributed by atoms with Crippen molar-refractivity contribution in [3.63, 3.8) is 0 Å². The van der Waals surface area contributed by atoms with Crippen molar-refractivity contribution < 1.29 is 23.1 Å². The van der Waals surface area contributed by atoms with Gasteiger partial charge < -0.3 is 10.4 Å². The van der Waals surface area contributed by atoms with Gasteiger partial charge in [0.25, 0.3) is 12.3 Å². The summed E-state index contributed by atoms with van der Waals surface area (Å²) in [5, 5.41) is 10.4. The van der Waals surface area contributed by atoms with E-state index in [0.717, 1.165) is 12.1 Å². The van der Waals surface area contributed by atoms with E-state index >= 15 is 0 Å². The number of hydrogen-bond acceptors (Lipinski definition) is 2. The number of rotatable bonds is 3. The molecular weight excluding hydrogens is 247 g/mol. The molecule has 1 aromatic carbocycles. The summed E-state index contributed by atoms with van der Waals surface area (Å²) in [6.07, 6.45) is -2.70. The Hall–Kier alpha value is -2.00. The third kappa shape index (κ3) is 4.11. The Morgan fingerprint density at radius 2 is 2.17 bits per heavy atom. The summed E-state index contributed by atoms with van der Waals surface area (Å²) >= 11 is 0. The molecule has 0 bridgehead atoms. The second kappa shape index (κ2) is 6.67. The number of alkyl halides is 2. The van der Waals surface area contributed by atoms with E-state index in [0.29, 0.717) is 5.56 Å². The van der Waals surface area contributed by atoms with Gasteiger partial charge in [0, 0.05) is 5.56 Å². The van der Waals surface area contributed by atoms with Crippen LogP contribution >= 0.6 is 0 Å². The first-order chi connectivity index (χ1) is 8.54. The number of hydrogen-bond donors (Lipinski definition) is 2. The van der Waals surface area contributed by atoms with Crippen LogP contribution < -0.4 is 5.32 Å². The van der Waals surface area contributed by atoms with E-state index in [1.54, 1.807) is 0 Å². The molecule has 0 heterocycles. The number of benzene rings is 1. The van der Waals surface area contributed by atoms with Crippen molar-refractivity contribution in [2.24, 2.45) is 0 Å². The van der Waals surface area contributed by atoms with Crippen molar-refractivity contribution in [3.05, 3.63) is 35.1 Å². The molecule has 0 aliphatic rings. The Kier molecular flexibility index (Phi) is 5.21. The normalized spacial score (nSPS) is 9.83. The van der Waals surface area contributed by atoms with Crippen LogP contribution in [-0.4, -0.2) is 30.6 Å². The number of amides is 1. The van der Waals surface area contributed by atoms with Crippen LogP contribution in [0.1, 0.15) is 15.9 Å². The molecule has 18 heavy (non-hydrogen) atoms. The molecule has 3 nitrogen and oxygen atoms in total. The van der Waals surface area contributed by atoms with Crippen LogP contribution in [0.25, 0.3) is 0 Å². The Balaban J connectivity index is 2.89. The Morgan fingerprint density at radius 3 is 2.78 bits per heavy atom. The molecule has 6 heteroatoms. The molecule has 0 aliphatic heterocycles. The molecule has 0 radical (unpaired) electrons. The van der Waals surface area contributed by atoms with E-state index in [9.17, 15) is 18.0 Å². The maximum Gasteiger partial charge on any atom is 0.255 e. The van der Waals surface area contributed by atoms with E-state index in [4.69, 9.17) is 5.11 Å². The highest BCUT2D eigenvalue weighted by Gasteiger charge is 2.13. The predicted molar refractivity (Wildman–Crippen MR) is 58.7 cm³/mol. The van der Waals surface area contributed by atoms with Gasteiger partial charge in [-0.2, -0.15) is 0 Å². The molecule has 0 aliphatic carbocycles. The summed E-state index contributed by atoms with van der Waals surface area (Å²) in [5.41, 5.74) is -0.0481. The fraction of sp³-hybridized carbons (Fsp3) is 0.250. The van der Waals surface area contributed by atoms with Crippen LogP contribution in [0.15, 0.2) is 18.2 Å². The first-order valence-electron chi connectivity index (χ1n) is 5.00. The molecule has 0 atom stereocenters. The van der Waals surface area contributed by atoms with Crippen LogP contribution in [0, 0.1) is 17.7 Å². The molecule has 0 spiro atoms. The summed E-state index contributed by atoms with van der Waals surface area (Å²) in [6, 6.07) is 3.47. The van der Waals surface area contributed by atoms with Gasteiger partial charge in [0.2, 0.25) is 0 Å². The quantitative estimate of drug-likeness (QED) is 0.798. The molecule has 1 rings (SSSR count). The molecule has 0 fully saturated rings. The zero-order valence-electron chi connectivity index (χ0n) is 9.21. The first kappa shape index (κ1) is 14.1. The van der Waals surface area contributed by atoms with Crippen molar-refractivity contribution >= 4 is 5.91 Å². The minimum absolute atomic E-state index is 0.313. The second-order valence-corrected chi connectivity index (χ2v) is 3.26. The highest BCUT2D eigenvalue weighted by atomic mass is 19.3. The van der Waals surface area contributed by atoms with E-state index < -0.39 is 24.7 Å². The summed E-state index contributed by atoms with van der Waals surface area (Å²) < 4.78 is 37.1. The van der Waals surface area contributed by atoms with Crippen molar-refractivity contribution in [1.29, 1.82) is 0 Å². The third-order valence-electron chi connectivity index (χ3n) is 1.94. The molecule has 2 N–H and O–H groups in total. The van der Waals surface area contributed by atoms with Gasteiger partial charge in [-0.3, -0.25) is 4.79 Å². The van der Waals surface area contributed by atoms with Gasteiger partial charge in [-0.1, -0.05) is 11.8 Å². The van der Waals surface area contributed by atoms with Gasteiger partial charge in [0.05, 0.1) is 12.1 Å². The van der Waals surface area contributed by atoms with Crippen LogP contribution in [-0.2, 0) is 0 Å². The topological polar surface area (TPSA) is 49.3 Å². The predicted octanol–water partition coefficient (Wildman–Crippen LogP) is 1.16. The Bertz CT molecular complexity index is 492. The Labute approximate surface area is 102 Å². The van der Waals surface area contributed by atoms with Crippen molar-refractivity contribution in [2.45, 2.75) is 6.43 Å². The highest BCUT2D eigenvalue weighted by Crippen LogP contribution is 2.10. The molecule has 1 amide bonds. The van der Waals surface area contributed by atoms with Gasteiger partial charge in [-0.05, 0) is 18.2 Å². The number of carbonyl (C=O) groups excluding carboxylic acids is 1. The lowest BCUT2D eigenvalue weighted by molar-refractivity contribution is 0.0887. The number of halogens is 3. The minimum atomic E-state index is -2.70. The maximum atomic E-state index is 13.3. The van der Waals surface area contributed by atoms with Gasteiger partial charge in [0.1, 0.15) is 12.4 Å². The Morgan fingerprint density at radius 1 is 1.44 bits per heavy atom. The minimum Gasteiger partial charge on any atom is -0.384 e. The molecule has 0 saturated carbocycles. The lowest BCUT2D eigenvalue weighted by Gasteiger charge is -2.05. The summed E-state index contributed by atoms with van der Waals surface area (Å²) in [4.78, 5) is 11.4. The van der Waals surface area contributed by atoms with Crippen LogP contribution in [0.4, 0.5) is 13.2 Å². The van der Waals surface area contributed by atoms with E-state index in [2.05, 4.69) is 11.8 Å². The molecule has 1 aromatic rings. The van der Waals surface area contributed by atoms with Crippen LogP contribution in [0.5, 0.6) is 0 Å². The monoisotopic (exact) mass is 257 g/mol. The highest BCUT2D eigenvalue weighted by molar-refractivity contribution is 5.94. The number of aliphatic hydroxyl groups excluding tert-OH is 1. The van der Waals surface area contributed by atoms with E-state index in [-0.39, 0.29) is 12.2 Å². The van der Waals surface area contributed by atoms with Gasteiger partial charge in [-0.15, -0.1) is 0 Å². The van der Waals surface area contributed by atoms with Crippen LogP contribution in [0.3, 0.4) is 0 Å². The fourth-order valence-electron chi connectivity index (χ4n) is 1.18. The van der Waals surface area contributed by atoms with Gasteiger partial charge in [0.15, 0.2) is 0 Å². The van der Waals surface area contributed by atoms with E-state index in [1.807, 2.05) is 5.32 Å². The third-order valence-corrected chi connectivity index (χ3v) is 1.94. The fourth-order valence-corrected chi connectivity index (χ4v) is 1.18. The van der Waals surface area contributed by atoms with Crippen molar-refractivity contribution in [2.75, 3.05) is 13.2 Å². The summed E-state index contributed by atoms with van der Waals surface area (Å²) in [7, 11) is 0. The first-order valence-corrected chi connectivity index (χ1v) is 5.00. The number of nitrogens with one attached hydrogen (secondary N) is 1. The standard InChI is InChI=1S/C12H10F3NO2/c13-10-4-3-8(2-1-5-17)6-9(10)12(18)16-7-11(14)15/h3-4,6,11,17H,5,7H2,(H,16,18). The zero-order chi connectivity index (χ0) is 13.5. The average molecular weight is 257 g/mol. The smallest absolute Gasteiger partial charge is 0.255 e. The van der Waals surface area contributed by atoms with Crippen molar-refractivity contribution in [3.8, 4) is 11.8 Å². The second-order valence-electron chi connectivity index (χ2n) is 3.26. The molecule has 0 saturated heterocycles. The lowest BCUT2D eigenvalue weighted by atomic mass is 10.1. The molecular formula is C12H10F3NO2. The zero-order valence-corrected chi connectivity index (χ0v) is 9.21. The lowest BCUT2D eigenvalue weighted by Crippen LogP contribution is -2.29. The van der Waals surface area contributed by atoms with Crippen molar-refractivity contribution in [1.82, 2.24) is 5.32 Å². The van der Waals surface area contributed by atoms with E-state index in [1.165, 1.54) is 6.07 Å². The number of aliphatic hydroxyl groups is 1. The number of carbonyl (C=O) groups is 1. The summed E-state index contributed by atoms with van der Waals surface area (Å²) in [5.74, 6) is 3.07. The van der Waals surface area contributed by atoms with Crippen LogP contribution in [0.2, 0.25) is 0 Å². The average Bonchev–Trinajstić information content (AvgIpc) is 2.35. The molecule has 0 aromatic heterocycles. The van der Waals surface area contributed by atoms with Gasteiger partial charge >= 0.3 is 0 Å². The SMILES string of the molecule is O=C(NCC(F)F)c1cc(C#CCO)ccc1F. The van der Waals surface area contributed by atoms with Gasteiger partial charge in [-0.25, -0.2) is 13.2 Å². The molecule has 0 unspecified atom stereocenters. The maximum absolute atomic E-state index is 13.3.